The van der Waals surface area contributed by atoms with Crippen molar-refractivity contribution in [3.8, 4) is 0 Å². The van der Waals surface area contributed by atoms with Gasteiger partial charge in [0.2, 0.25) is 0 Å². The number of hydrogen-bond acceptors (Lipinski definition) is 0. The van der Waals surface area contributed by atoms with Crippen LogP contribution in [0.4, 0.5) is 0 Å². The molecule has 0 saturated carbocycles. The Morgan fingerprint density at radius 2 is 0.0125 bits per heavy atom. The van der Waals surface area contributed by atoms with Gasteiger partial charge in [0, 0.05) is 2490 Å². The van der Waals surface area contributed by atoms with Crippen LogP contribution in [-0.4, -0.2) is 0 Å². The second kappa shape index (κ2) is 606. The Balaban J connectivity index is 0. The maximum absolute atomic E-state index is 0. The molecule has 320 valence electrons. The Morgan fingerprint density at radius 1 is 0.0125 bits per heavy atom. The standard InChI is InChI=1S/80U. The molecule has 0 radical (unpaired) electrons. The molecule has 80 heteroatoms. The molecule has 0 fully saturated rings. The molecule has 0 spiro atoms. The zero-order chi connectivity index (χ0) is 0. The summed E-state index contributed by atoms with van der Waals surface area (Å²) in [6, 6.07) is 0. The van der Waals surface area contributed by atoms with E-state index in [0.29, 0.717) is 0 Å². The van der Waals surface area contributed by atoms with Crippen LogP contribution in [0.3, 0.4) is 0 Å². The van der Waals surface area contributed by atoms with Gasteiger partial charge in [0.05, 0.1) is 0 Å². The molecule has 0 rings (SSSR count). The average Bonchev–Trinajstić information content (AvgIpc) is 0. The second-order valence-electron chi connectivity index (χ2n) is 0. The quantitative estimate of drug-likeness (QED) is 0.321. The first-order chi connectivity index (χ1) is 0. The van der Waals surface area contributed by atoms with E-state index in [1.54, 1.807) is 0 Å². The molecule has 0 atom stereocenters. The van der Waals surface area contributed by atoms with Crippen molar-refractivity contribution in [2.24, 2.45) is 0 Å². The Hall–Kier alpha value is 84.2. The van der Waals surface area contributed by atoms with E-state index in [4.69, 9.17) is 0 Å². The third-order valence-electron chi connectivity index (χ3n) is 0. The fourth-order valence-corrected chi connectivity index (χ4v) is 0. The smallest absolute Gasteiger partial charge is 0 e. The average molecular weight is 19000 g/mol. The minimum absolute atomic E-state index is 0. The summed E-state index contributed by atoms with van der Waals surface area (Å²) in [6.45, 7) is 0. The van der Waals surface area contributed by atoms with Crippen LogP contribution in [0.25, 0.3) is 0 Å². The molecule has 0 N–H and O–H groups in total. The second-order valence-corrected chi connectivity index (χ2v) is 0. The molecule has 0 aliphatic heterocycles. The summed E-state index contributed by atoms with van der Waals surface area (Å²) in [5.74, 6) is 0. The molecule has 0 aliphatic carbocycles. The van der Waals surface area contributed by atoms with Gasteiger partial charge in [0.25, 0.3) is 0 Å². The molecule has 0 saturated heterocycles. The van der Waals surface area contributed by atoms with Crippen LogP contribution < -0.4 is 0 Å². The van der Waals surface area contributed by atoms with Crippen molar-refractivity contribution >= 4 is 0 Å². The van der Waals surface area contributed by atoms with Gasteiger partial charge in [-0.25, -0.2) is 0 Å². The van der Waals surface area contributed by atoms with E-state index < -0.39 is 0 Å². The summed E-state index contributed by atoms with van der Waals surface area (Å²) >= 11 is 0. The van der Waals surface area contributed by atoms with Crippen LogP contribution in [-0.2, 0) is 0 Å². The summed E-state index contributed by atoms with van der Waals surface area (Å²) in [5.41, 5.74) is 0. The van der Waals surface area contributed by atoms with Crippen LogP contribution >= 0.6 is 0 Å². The molecule has 0 unspecified atom stereocenters. The zero-order valence-electron chi connectivity index (χ0n) is 40.0. The van der Waals surface area contributed by atoms with Gasteiger partial charge < -0.3 is 0 Å². The van der Waals surface area contributed by atoms with E-state index >= 15 is 0 Å². The minimum atomic E-state index is 0. The zero-order valence-corrected chi connectivity index (χ0v) is 373. The molecule has 80 heavy (non-hydrogen) atoms. The van der Waals surface area contributed by atoms with Crippen LogP contribution in [0.1, 0.15) is 0 Å². The molecule has 0 aromatic heterocycles. The van der Waals surface area contributed by atoms with Crippen molar-refractivity contribution in [1.82, 2.24) is 0 Å². The molecule has 0 heterocycles. The van der Waals surface area contributed by atoms with Gasteiger partial charge in [-0.2, -0.15) is 0 Å². The SMILES string of the molecule is [U].[U].[U].[U].[U].[U].[U].[U].[U].[U].[U].[U].[U].[U].[U].[U].[U].[U].[U].[U].[U].[U].[U].[U].[U].[U].[U].[U].[U].[U].[U].[U].[U].[U].[U].[U].[U].[U].[U].[U].[U].[U].[U].[U].[U].[U].[U].[U].[U].[U].[U].[U].[U].[U].[U].[U].[U].[U].[U].[U].[U].[U].[U].[U].[U].[U].[U].[U].[U].[U].[U].[U].[U].[U].[U].[U].[U].[U].[U].[U]. The first kappa shape index (κ1) is 617. The molecule has 0 aromatic rings. The van der Waals surface area contributed by atoms with Crippen molar-refractivity contribution < 1.29 is 2490 Å². The summed E-state index contributed by atoms with van der Waals surface area (Å²) < 4.78 is 0. The van der Waals surface area contributed by atoms with E-state index in [9.17, 15) is 0 Å². The van der Waals surface area contributed by atoms with Gasteiger partial charge in [-0.3, -0.25) is 0 Å². The topological polar surface area (TPSA) is 0 Å². The molecule has 0 nitrogen and oxygen atoms in total. The Kier molecular flexibility index (Phi) is 4670. The molecule has 0 aliphatic rings. The number of hydrogen-bond donors (Lipinski definition) is 0. The molecular weight excluding hydrogens is 19000 g/mol. The summed E-state index contributed by atoms with van der Waals surface area (Å²) in [5, 5.41) is 0. The van der Waals surface area contributed by atoms with E-state index in [1.807, 2.05) is 0 Å². The van der Waals surface area contributed by atoms with E-state index in [2.05, 4.69) is 0 Å². The van der Waals surface area contributed by atoms with Gasteiger partial charge in [-0.15, -0.1) is 0 Å². The van der Waals surface area contributed by atoms with Crippen molar-refractivity contribution in [2.75, 3.05) is 0 Å². The van der Waals surface area contributed by atoms with Gasteiger partial charge in [0.1, 0.15) is 0 Å². The van der Waals surface area contributed by atoms with Crippen LogP contribution in [0.15, 0.2) is 0 Å². The molecule has 0 bridgehead atoms. The maximum atomic E-state index is 0. The van der Waals surface area contributed by atoms with E-state index in [0.717, 1.165) is 0 Å². The van der Waals surface area contributed by atoms with Crippen molar-refractivity contribution in [2.45, 2.75) is 0 Å². The van der Waals surface area contributed by atoms with Crippen LogP contribution in [0, 0.1) is 2490 Å². The van der Waals surface area contributed by atoms with Crippen molar-refractivity contribution in [1.29, 1.82) is 0 Å². The predicted molar refractivity (Wildman–Crippen MR) is 0 cm³/mol. The van der Waals surface area contributed by atoms with Crippen molar-refractivity contribution in [3.05, 3.63) is 0 Å². The molecule has 0 aromatic carbocycles. The largest absolute Gasteiger partial charge is 0 e. The Bertz CT molecular complexity index is 0. The molecule has 0 amide bonds. The summed E-state index contributed by atoms with van der Waals surface area (Å²) in [6.07, 6.45) is 0. The number of rotatable bonds is 0. The van der Waals surface area contributed by atoms with Gasteiger partial charge >= 0.3 is 0 Å². The van der Waals surface area contributed by atoms with E-state index in [-0.39, 0.29) is 2490 Å². The molecular formula is U80. The maximum Gasteiger partial charge on any atom is 0 e. The fraction of sp³-hybridized carbons (Fsp3) is 0. The van der Waals surface area contributed by atoms with Crippen LogP contribution in [0.5, 0.6) is 0 Å². The van der Waals surface area contributed by atoms with Crippen LogP contribution in [0.2, 0.25) is 0 Å². The van der Waals surface area contributed by atoms with Gasteiger partial charge in [0.15, 0.2) is 0 Å². The predicted octanol–water partition coefficient (Wildman–Crippen LogP) is 0. The third-order valence-corrected chi connectivity index (χ3v) is 0. The minimum Gasteiger partial charge on any atom is 0 e. The van der Waals surface area contributed by atoms with Gasteiger partial charge in [-0.05, 0) is 0 Å². The monoisotopic (exact) mass is 19000 g/mol. The normalized spacial score (nSPS) is 0. The fourth-order valence-electron chi connectivity index (χ4n) is 0. The Morgan fingerprint density at radius 3 is 0.0125 bits per heavy atom. The first-order valence-corrected chi connectivity index (χ1v) is 0. The third kappa shape index (κ3) is 595. The summed E-state index contributed by atoms with van der Waals surface area (Å²) in [4.78, 5) is 0. The summed E-state index contributed by atoms with van der Waals surface area (Å²) in [7, 11) is 0. The Labute approximate surface area is 2390 Å². The van der Waals surface area contributed by atoms with Gasteiger partial charge in [-0.1, -0.05) is 0 Å². The first-order valence-electron chi connectivity index (χ1n) is 0. The van der Waals surface area contributed by atoms with E-state index in [1.165, 1.54) is 0 Å². The van der Waals surface area contributed by atoms with Crippen molar-refractivity contribution in [3.63, 3.8) is 0 Å².